The van der Waals surface area contributed by atoms with Crippen molar-refractivity contribution in [2.24, 2.45) is 5.92 Å². The molecule has 2 N–H and O–H groups in total. The van der Waals surface area contributed by atoms with E-state index in [0.717, 1.165) is 16.8 Å². The first-order valence-corrected chi connectivity index (χ1v) is 11.3. The second kappa shape index (κ2) is 8.71. The zero-order valence-corrected chi connectivity index (χ0v) is 19.5. The number of halogens is 1. The van der Waals surface area contributed by atoms with E-state index in [1.807, 2.05) is 47.4 Å². The van der Waals surface area contributed by atoms with Crippen LogP contribution in [0, 0.1) is 12.8 Å². The second-order valence-corrected chi connectivity index (χ2v) is 8.91. The molecule has 6 nitrogen and oxygen atoms in total. The lowest BCUT2D eigenvalue weighted by molar-refractivity contribution is -0.119. The minimum Gasteiger partial charge on any atom is -0.493 e. The lowest BCUT2D eigenvalue weighted by Crippen LogP contribution is -2.41. The summed E-state index contributed by atoms with van der Waals surface area (Å²) >= 11 is 6.14. The highest BCUT2D eigenvalue weighted by Gasteiger charge is 2.56. The van der Waals surface area contributed by atoms with Crippen LogP contribution in [-0.2, 0) is 4.79 Å². The highest BCUT2D eigenvalue weighted by atomic mass is 35.5. The summed E-state index contributed by atoms with van der Waals surface area (Å²) < 4.78 is 11.0. The third-order valence-electron chi connectivity index (χ3n) is 6.60. The van der Waals surface area contributed by atoms with Crippen molar-refractivity contribution >= 4 is 23.2 Å². The summed E-state index contributed by atoms with van der Waals surface area (Å²) in [6.07, 6.45) is 0. The van der Waals surface area contributed by atoms with E-state index >= 15 is 0 Å². The summed E-state index contributed by atoms with van der Waals surface area (Å²) in [4.78, 5) is 15.6. The van der Waals surface area contributed by atoms with Crippen LogP contribution in [0.5, 0.6) is 11.5 Å². The first kappa shape index (κ1) is 21.8. The molecule has 2 fully saturated rings. The predicted molar refractivity (Wildman–Crippen MR) is 129 cm³/mol. The van der Waals surface area contributed by atoms with Crippen molar-refractivity contribution in [2.45, 2.75) is 25.0 Å². The molecule has 3 aromatic rings. The van der Waals surface area contributed by atoms with Crippen LogP contribution in [0.25, 0.3) is 0 Å². The van der Waals surface area contributed by atoms with Gasteiger partial charge in [-0.2, -0.15) is 0 Å². The van der Waals surface area contributed by atoms with Crippen molar-refractivity contribution in [1.82, 2.24) is 10.9 Å². The fourth-order valence-electron chi connectivity index (χ4n) is 4.99. The highest BCUT2D eigenvalue weighted by molar-refractivity contribution is 6.30. The Hall–Kier alpha value is -3.06. The van der Waals surface area contributed by atoms with Crippen molar-refractivity contribution < 1.29 is 14.3 Å². The maximum atomic E-state index is 13.7. The molecule has 2 aliphatic heterocycles. The molecular weight excluding hydrogens is 438 g/mol. The Kier molecular flexibility index (Phi) is 5.74. The van der Waals surface area contributed by atoms with Crippen LogP contribution in [-0.4, -0.2) is 26.2 Å². The van der Waals surface area contributed by atoms with Crippen LogP contribution in [0.3, 0.4) is 0 Å². The van der Waals surface area contributed by atoms with E-state index in [-0.39, 0.29) is 30.0 Å². The normalized spacial score (nSPS) is 24.1. The highest BCUT2D eigenvalue weighted by Crippen LogP contribution is 2.50. The Labute approximate surface area is 198 Å². The molecule has 4 unspecified atom stereocenters. The van der Waals surface area contributed by atoms with Crippen LogP contribution < -0.4 is 25.2 Å². The Bertz CT molecular complexity index is 1170. The topological polar surface area (TPSA) is 62.8 Å². The van der Waals surface area contributed by atoms with Gasteiger partial charge in [0.2, 0.25) is 5.91 Å². The van der Waals surface area contributed by atoms with Crippen molar-refractivity contribution in [1.29, 1.82) is 0 Å². The number of anilines is 1. The van der Waals surface area contributed by atoms with Gasteiger partial charge in [-0.15, -0.1) is 0 Å². The molecule has 170 valence electrons. The van der Waals surface area contributed by atoms with Crippen LogP contribution in [0.2, 0.25) is 5.02 Å². The number of carbonyl (C=O) groups excluding carboxylic acids is 1. The second-order valence-electron chi connectivity index (χ2n) is 8.48. The van der Waals surface area contributed by atoms with Crippen LogP contribution in [0.4, 0.5) is 5.69 Å². The van der Waals surface area contributed by atoms with Gasteiger partial charge in [0, 0.05) is 16.6 Å². The number of aryl methyl sites for hydroxylation is 1. The first-order valence-electron chi connectivity index (χ1n) is 10.9. The number of hydrogen-bond donors (Lipinski definition) is 2. The third kappa shape index (κ3) is 3.74. The molecule has 5 rings (SSSR count). The van der Waals surface area contributed by atoms with E-state index in [1.54, 1.807) is 14.2 Å². The zero-order chi connectivity index (χ0) is 23.1. The lowest BCUT2D eigenvalue weighted by atomic mass is 9.83. The van der Waals surface area contributed by atoms with Gasteiger partial charge in [0.25, 0.3) is 0 Å². The minimum atomic E-state index is -0.370. The number of carbonyl (C=O) groups is 1. The summed E-state index contributed by atoms with van der Waals surface area (Å²) in [5, 5.41) is 0.630. The van der Waals surface area contributed by atoms with Crippen LogP contribution in [0.15, 0.2) is 66.7 Å². The van der Waals surface area contributed by atoms with Gasteiger partial charge in [-0.25, -0.2) is 10.9 Å². The van der Waals surface area contributed by atoms with Gasteiger partial charge in [-0.3, -0.25) is 4.79 Å². The quantitative estimate of drug-likeness (QED) is 0.579. The molecule has 0 saturated carbocycles. The van der Waals surface area contributed by atoms with Crippen molar-refractivity contribution in [3.05, 3.63) is 88.4 Å². The van der Waals surface area contributed by atoms with E-state index < -0.39 is 0 Å². The van der Waals surface area contributed by atoms with E-state index in [2.05, 4.69) is 42.0 Å². The summed E-state index contributed by atoms with van der Waals surface area (Å²) in [7, 11) is 3.24. The van der Waals surface area contributed by atoms with Crippen molar-refractivity contribution in [3.8, 4) is 11.5 Å². The molecule has 2 saturated heterocycles. The largest absolute Gasteiger partial charge is 0.493 e. The predicted octanol–water partition coefficient (Wildman–Crippen LogP) is 4.59. The molecule has 1 amide bonds. The standard InChI is InChI=1S/C26H26ClN3O3/c1-15-4-6-16(7-5-15)23-22-24(29-28-23)26(31)30(19-11-9-18(27)10-12-19)25(22)17-8-13-20(32-2)21(14-17)33-3/h4-14,22-25,28-29H,1-3H3. The van der Waals surface area contributed by atoms with Gasteiger partial charge in [0.15, 0.2) is 11.5 Å². The molecule has 0 spiro atoms. The minimum absolute atomic E-state index is 0.0178. The fraction of sp³-hybridized carbons (Fsp3) is 0.269. The number of ether oxygens (including phenoxy) is 2. The van der Waals surface area contributed by atoms with Crippen LogP contribution >= 0.6 is 11.6 Å². The molecule has 7 heteroatoms. The van der Waals surface area contributed by atoms with Gasteiger partial charge in [-0.05, 0) is 54.4 Å². The molecule has 3 aromatic carbocycles. The van der Waals surface area contributed by atoms with Gasteiger partial charge < -0.3 is 14.4 Å². The molecule has 0 bridgehead atoms. The number of nitrogens with one attached hydrogen (secondary N) is 2. The number of hydrogen-bond acceptors (Lipinski definition) is 5. The maximum Gasteiger partial charge on any atom is 0.246 e. The number of hydrazine groups is 1. The summed E-state index contributed by atoms with van der Waals surface area (Å²) in [6, 6.07) is 21.1. The smallest absolute Gasteiger partial charge is 0.246 e. The van der Waals surface area contributed by atoms with E-state index in [9.17, 15) is 4.79 Å². The number of rotatable bonds is 5. The monoisotopic (exact) mass is 463 g/mol. The zero-order valence-electron chi connectivity index (χ0n) is 18.7. The maximum absolute atomic E-state index is 13.7. The Morgan fingerprint density at radius 1 is 0.818 bits per heavy atom. The molecule has 2 heterocycles. The molecule has 33 heavy (non-hydrogen) atoms. The number of fused-ring (bicyclic) bond motifs is 1. The Balaban J connectivity index is 1.64. The van der Waals surface area contributed by atoms with Gasteiger partial charge in [-0.1, -0.05) is 47.5 Å². The number of methoxy groups -OCH3 is 2. The molecule has 4 atom stereocenters. The molecular formula is C26H26ClN3O3. The number of benzene rings is 3. The Morgan fingerprint density at radius 3 is 2.12 bits per heavy atom. The van der Waals surface area contributed by atoms with Crippen LogP contribution in [0.1, 0.15) is 28.8 Å². The molecule has 2 aliphatic rings. The Morgan fingerprint density at radius 2 is 1.45 bits per heavy atom. The third-order valence-corrected chi connectivity index (χ3v) is 6.85. The van der Waals surface area contributed by atoms with Crippen molar-refractivity contribution in [3.63, 3.8) is 0 Å². The fourth-order valence-corrected chi connectivity index (χ4v) is 5.12. The van der Waals surface area contributed by atoms with E-state index in [4.69, 9.17) is 21.1 Å². The van der Waals surface area contributed by atoms with Gasteiger partial charge in [0.1, 0.15) is 6.04 Å². The van der Waals surface area contributed by atoms with E-state index in [1.165, 1.54) is 5.56 Å². The lowest BCUT2D eigenvalue weighted by Gasteiger charge is -2.31. The number of nitrogens with zero attached hydrogens (tertiary/aromatic N) is 1. The molecule has 0 radical (unpaired) electrons. The van der Waals surface area contributed by atoms with E-state index in [0.29, 0.717) is 16.5 Å². The average Bonchev–Trinajstić information content (AvgIpc) is 3.39. The summed E-state index contributed by atoms with van der Waals surface area (Å²) in [5.74, 6) is 1.25. The van der Waals surface area contributed by atoms with Crippen molar-refractivity contribution in [2.75, 3.05) is 19.1 Å². The average molecular weight is 464 g/mol. The van der Waals surface area contributed by atoms with Gasteiger partial charge in [0.05, 0.1) is 26.3 Å². The number of amides is 1. The molecule has 0 aliphatic carbocycles. The SMILES string of the molecule is COc1ccc(C2C3C(NNC3c3ccc(C)cc3)C(=O)N2c2ccc(Cl)cc2)cc1OC. The van der Waals surface area contributed by atoms with Gasteiger partial charge >= 0.3 is 0 Å². The first-order chi connectivity index (χ1) is 16.0. The summed E-state index contributed by atoms with van der Waals surface area (Å²) in [5.41, 5.74) is 10.8. The molecule has 0 aromatic heterocycles. The summed E-state index contributed by atoms with van der Waals surface area (Å²) in [6.45, 7) is 2.07.